The first-order valence-corrected chi connectivity index (χ1v) is 7.64. The van der Waals surface area contributed by atoms with Crippen LogP contribution in [0.1, 0.15) is 19.4 Å². The summed E-state index contributed by atoms with van der Waals surface area (Å²) in [6.45, 7) is 4.54. The second-order valence-electron chi connectivity index (χ2n) is 5.17. The van der Waals surface area contributed by atoms with Crippen molar-refractivity contribution in [2.24, 2.45) is 0 Å². The van der Waals surface area contributed by atoms with Crippen LogP contribution in [0, 0.1) is 0 Å². The van der Waals surface area contributed by atoms with Crippen LogP contribution in [0.15, 0.2) is 42.1 Å². The summed E-state index contributed by atoms with van der Waals surface area (Å²) in [7, 11) is 0. The number of urea groups is 1. The number of carbonyl (C=O) groups is 2. The average Bonchev–Trinajstić information content (AvgIpc) is 2.83. The van der Waals surface area contributed by atoms with Gasteiger partial charge in [0, 0.05) is 12.1 Å². The Morgan fingerprint density at radius 2 is 1.91 bits per heavy atom. The van der Waals surface area contributed by atoms with Crippen LogP contribution in [0.2, 0.25) is 0 Å². The van der Waals surface area contributed by atoms with E-state index in [4.69, 9.17) is 4.74 Å². The highest BCUT2D eigenvalue weighted by molar-refractivity contribution is 6.14. The molecule has 1 saturated heterocycles. The van der Waals surface area contributed by atoms with Crippen LogP contribution in [0.3, 0.4) is 0 Å². The molecule has 1 heterocycles. The largest absolute Gasteiger partial charge is 0.493 e. The highest BCUT2D eigenvalue weighted by atomic mass is 16.5. The van der Waals surface area contributed by atoms with Crippen LogP contribution in [-0.4, -0.2) is 30.0 Å². The second kappa shape index (κ2) is 6.12. The first-order chi connectivity index (χ1) is 11.2. The molecule has 5 nitrogen and oxygen atoms in total. The number of carbonyl (C=O) groups excluding carboxylic acids is 2. The zero-order valence-electron chi connectivity index (χ0n) is 13.1. The van der Waals surface area contributed by atoms with Crippen LogP contribution >= 0.6 is 0 Å². The number of nitrogens with zero attached hydrogens (tertiary/aromatic N) is 1. The van der Waals surface area contributed by atoms with Gasteiger partial charge in [-0.1, -0.05) is 30.3 Å². The van der Waals surface area contributed by atoms with Gasteiger partial charge in [-0.15, -0.1) is 0 Å². The van der Waals surface area contributed by atoms with Crippen molar-refractivity contribution in [3.63, 3.8) is 0 Å². The van der Waals surface area contributed by atoms with Gasteiger partial charge in [-0.05, 0) is 36.8 Å². The van der Waals surface area contributed by atoms with Crippen molar-refractivity contribution >= 4 is 28.8 Å². The molecular weight excluding hydrogens is 292 g/mol. The minimum absolute atomic E-state index is 0.272. The van der Waals surface area contributed by atoms with Crippen molar-refractivity contribution in [1.29, 1.82) is 0 Å². The summed E-state index contributed by atoms with van der Waals surface area (Å²) < 4.78 is 5.69. The van der Waals surface area contributed by atoms with E-state index in [0.29, 0.717) is 18.9 Å². The summed E-state index contributed by atoms with van der Waals surface area (Å²) in [6, 6.07) is 11.4. The summed E-state index contributed by atoms with van der Waals surface area (Å²) in [4.78, 5) is 25.3. The maximum atomic E-state index is 12.3. The lowest BCUT2D eigenvalue weighted by molar-refractivity contribution is -0.122. The predicted octanol–water partition coefficient (Wildman–Crippen LogP) is 3.15. The average molecular weight is 310 g/mol. The summed E-state index contributed by atoms with van der Waals surface area (Å²) in [5, 5.41) is 4.65. The molecule has 5 heteroatoms. The molecule has 0 saturated carbocycles. The zero-order valence-corrected chi connectivity index (χ0v) is 13.1. The Morgan fingerprint density at radius 3 is 2.61 bits per heavy atom. The van der Waals surface area contributed by atoms with Crippen molar-refractivity contribution < 1.29 is 14.3 Å². The smallest absolute Gasteiger partial charge is 0.328 e. The van der Waals surface area contributed by atoms with Crippen LogP contribution in [0.5, 0.6) is 5.75 Å². The molecule has 0 bridgehead atoms. The van der Waals surface area contributed by atoms with Gasteiger partial charge in [0.15, 0.2) is 0 Å². The summed E-state index contributed by atoms with van der Waals surface area (Å²) in [6.07, 6.45) is 1.70. The molecule has 1 N–H and O–H groups in total. The van der Waals surface area contributed by atoms with E-state index in [0.717, 1.165) is 16.3 Å². The molecule has 3 amide bonds. The third-order valence-electron chi connectivity index (χ3n) is 3.80. The van der Waals surface area contributed by atoms with Crippen molar-refractivity contribution in [1.82, 2.24) is 10.2 Å². The van der Waals surface area contributed by atoms with Gasteiger partial charge in [-0.3, -0.25) is 9.69 Å². The normalized spacial score (nSPS) is 16.3. The van der Waals surface area contributed by atoms with Crippen molar-refractivity contribution in [2.75, 3.05) is 13.2 Å². The SMILES string of the molecule is CCOc1ccc2ccccc2c1/C=C1\NC(=O)N(CC)C1=O. The summed E-state index contributed by atoms with van der Waals surface area (Å²) in [5.41, 5.74) is 1.07. The molecule has 2 aromatic rings. The Bertz CT molecular complexity index is 811. The van der Waals surface area contributed by atoms with Gasteiger partial charge in [0.05, 0.1) is 6.61 Å². The van der Waals surface area contributed by atoms with Crippen molar-refractivity contribution in [3.8, 4) is 5.75 Å². The first kappa shape index (κ1) is 15.1. The molecular formula is C18H18N2O3. The highest BCUT2D eigenvalue weighted by Gasteiger charge is 2.32. The lowest BCUT2D eigenvalue weighted by Gasteiger charge is -2.11. The Kier molecular flexibility index (Phi) is 4.02. The Balaban J connectivity index is 2.15. The van der Waals surface area contributed by atoms with Crippen molar-refractivity contribution in [2.45, 2.75) is 13.8 Å². The molecule has 1 fully saturated rings. The molecule has 0 radical (unpaired) electrons. The third kappa shape index (κ3) is 2.65. The van der Waals surface area contributed by atoms with Gasteiger partial charge in [0.25, 0.3) is 5.91 Å². The number of imide groups is 1. The number of hydrogen-bond donors (Lipinski definition) is 1. The van der Waals surface area contributed by atoms with E-state index >= 15 is 0 Å². The topological polar surface area (TPSA) is 58.6 Å². The maximum absolute atomic E-state index is 12.3. The molecule has 23 heavy (non-hydrogen) atoms. The van der Waals surface area contributed by atoms with E-state index in [1.807, 2.05) is 43.3 Å². The predicted molar refractivity (Wildman–Crippen MR) is 89.0 cm³/mol. The summed E-state index contributed by atoms with van der Waals surface area (Å²) >= 11 is 0. The molecule has 0 atom stereocenters. The first-order valence-electron chi connectivity index (χ1n) is 7.64. The quantitative estimate of drug-likeness (QED) is 0.697. The van der Waals surface area contributed by atoms with E-state index in [2.05, 4.69) is 5.32 Å². The van der Waals surface area contributed by atoms with Gasteiger partial charge < -0.3 is 10.1 Å². The summed E-state index contributed by atoms with van der Waals surface area (Å²) in [5.74, 6) is 0.378. The van der Waals surface area contributed by atoms with Crippen LogP contribution < -0.4 is 10.1 Å². The van der Waals surface area contributed by atoms with Gasteiger partial charge >= 0.3 is 6.03 Å². The fourth-order valence-electron chi connectivity index (χ4n) is 2.71. The number of ether oxygens (including phenoxy) is 1. The number of amides is 3. The lowest BCUT2D eigenvalue weighted by atomic mass is 10.0. The van der Waals surface area contributed by atoms with E-state index < -0.39 is 0 Å². The number of hydrogen-bond acceptors (Lipinski definition) is 3. The van der Waals surface area contributed by atoms with E-state index in [1.54, 1.807) is 13.0 Å². The number of fused-ring (bicyclic) bond motifs is 1. The molecule has 3 rings (SSSR count). The number of nitrogens with one attached hydrogen (secondary N) is 1. The van der Waals surface area contributed by atoms with E-state index in [1.165, 1.54) is 4.90 Å². The van der Waals surface area contributed by atoms with Crippen LogP contribution in [0.4, 0.5) is 4.79 Å². The Morgan fingerprint density at radius 1 is 1.13 bits per heavy atom. The third-order valence-corrected chi connectivity index (χ3v) is 3.80. The standard InChI is InChI=1S/C18H18N2O3/c1-3-20-17(21)15(19-18(20)22)11-14-13-8-6-5-7-12(13)9-10-16(14)23-4-2/h5-11H,3-4H2,1-2H3,(H,19,22)/b15-11-. The zero-order chi connectivity index (χ0) is 16.4. The van der Waals surface area contributed by atoms with Crippen LogP contribution in [-0.2, 0) is 4.79 Å². The maximum Gasteiger partial charge on any atom is 0.328 e. The van der Waals surface area contributed by atoms with E-state index in [9.17, 15) is 9.59 Å². The lowest BCUT2D eigenvalue weighted by Crippen LogP contribution is -2.30. The Hall–Kier alpha value is -2.82. The highest BCUT2D eigenvalue weighted by Crippen LogP contribution is 2.30. The molecule has 2 aromatic carbocycles. The molecule has 0 unspecified atom stereocenters. The molecule has 1 aliphatic rings. The molecule has 0 aromatic heterocycles. The minimum Gasteiger partial charge on any atom is -0.493 e. The van der Waals surface area contributed by atoms with Gasteiger partial charge in [-0.25, -0.2) is 4.79 Å². The van der Waals surface area contributed by atoms with Gasteiger partial charge in [0.1, 0.15) is 11.4 Å². The molecule has 118 valence electrons. The molecule has 0 spiro atoms. The van der Waals surface area contributed by atoms with Gasteiger partial charge in [0.2, 0.25) is 0 Å². The molecule has 1 aliphatic heterocycles. The molecule has 0 aliphatic carbocycles. The number of likely N-dealkylation sites (N-methyl/N-ethyl adjacent to an activating group) is 1. The second-order valence-corrected chi connectivity index (χ2v) is 5.17. The minimum atomic E-state index is -0.387. The fourth-order valence-corrected chi connectivity index (χ4v) is 2.71. The number of rotatable bonds is 4. The fraction of sp³-hybridized carbons (Fsp3) is 0.222. The van der Waals surface area contributed by atoms with E-state index in [-0.39, 0.29) is 17.6 Å². The Labute approximate surface area is 134 Å². The van der Waals surface area contributed by atoms with Crippen molar-refractivity contribution in [3.05, 3.63) is 47.7 Å². The van der Waals surface area contributed by atoms with Crippen LogP contribution in [0.25, 0.3) is 16.8 Å². The number of benzene rings is 2. The monoisotopic (exact) mass is 310 g/mol. The van der Waals surface area contributed by atoms with Gasteiger partial charge in [-0.2, -0.15) is 0 Å².